The molecule has 0 bridgehead atoms. The number of carbonyl (C=O) groups excluding carboxylic acids is 2. The first kappa shape index (κ1) is 16.5. The molecule has 1 N–H and O–H groups in total. The van der Waals surface area contributed by atoms with Crippen LogP contribution >= 0.6 is 27.3 Å². The highest BCUT2D eigenvalue weighted by atomic mass is 79.9. The number of hydrogen-bond acceptors (Lipinski definition) is 3. The van der Waals surface area contributed by atoms with Gasteiger partial charge in [-0.2, -0.15) is 0 Å². The summed E-state index contributed by atoms with van der Waals surface area (Å²) in [6, 6.07) is 3.90. The van der Waals surface area contributed by atoms with Crippen molar-refractivity contribution in [1.82, 2.24) is 10.2 Å². The van der Waals surface area contributed by atoms with Gasteiger partial charge in [-0.15, -0.1) is 11.3 Å². The molecule has 1 aromatic rings. The zero-order valence-electron chi connectivity index (χ0n) is 12.2. The topological polar surface area (TPSA) is 49.4 Å². The summed E-state index contributed by atoms with van der Waals surface area (Å²) in [6.07, 6.45) is 7.00. The monoisotopic (exact) mass is 372 g/mol. The van der Waals surface area contributed by atoms with Gasteiger partial charge in [0, 0.05) is 13.1 Å². The zero-order chi connectivity index (χ0) is 15.2. The first-order chi connectivity index (χ1) is 10.1. The number of thiophene rings is 1. The molecule has 0 spiro atoms. The number of carbonyl (C=O) groups is 2. The van der Waals surface area contributed by atoms with Gasteiger partial charge in [-0.05, 0) is 40.9 Å². The van der Waals surface area contributed by atoms with Crippen molar-refractivity contribution >= 4 is 39.1 Å². The van der Waals surface area contributed by atoms with Crippen LogP contribution in [0.15, 0.2) is 15.9 Å². The van der Waals surface area contributed by atoms with Crippen molar-refractivity contribution in [2.75, 3.05) is 13.6 Å². The summed E-state index contributed by atoms with van der Waals surface area (Å²) >= 11 is 4.73. The highest BCUT2D eigenvalue weighted by Crippen LogP contribution is 2.23. The van der Waals surface area contributed by atoms with Crippen LogP contribution in [0.25, 0.3) is 0 Å². The van der Waals surface area contributed by atoms with Crippen molar-refractivity contribution in [2.24, 2.45) is 0 Å². The minimum absolute atomic E-state index is 0.0617. The molecule has 21 heavy (non-hydrogen) atoms. The summed E-state index contributed by atoms with van der Waals surface area (Å²) in [5, 5.41) is 3.06. The van der Waals surface area contributed by atoms with E-state index in [1.54, 1.807) is 13.1 Å². The van der Waals surface area contributed by atoms with Crippen molar-refractivity contribution in [2.45, 2.75) is 44.6 Å². The maximum absolute atomic E-state index is 12.2. The minimum atomic E-state index is -0.110. The van der Waals surface area contributed by atoms with Crippen LogP contribution in [0.2, 0.25) is 0 Å². The van der Waals surface area contributed by atoms with Crippen LogP contribution in [-0.4, -0.2) is 36.3 Å². The number of nitrogens with one attached hydrogen (secondary N) is 1. The van der Waals surface area contributed by atoms with E-state index in [1.807, 2.05) is 6.07 Å². The maximum atomic E-state index is 12.2. The molecule has 1 fully saturated rings. The summed E-state index contributed by atoms with van der Waals surface area (Å²) in [4.78, 5) is 26.4. The van der Waals surface area contributed by atoms with Gasteiger partial charge in [-0.25, -0.2) is 0 Å². The van der Waals surface area contributed by atoms with E-state index in [2.05, 4.69) is 21.2 Å². The third-order valence-corrected chi connectivity index (χ3v) is 5.34. The quantitative estimate of drug-likeness (QED) is 0.823. The van der Waals surface area contributed by atoms with Gasteiger partial charge in [-0.1, -0.05) is 25.7 Å². The Morgan fingerprint density at radius 3 is 2.52 bits per heavy atom. The third-order valence-electron chi connectivity index (χ3n) is 3.73. The fraction of sp³-hybridized carbons (Fsp3) is 0.600. The van der Waals surface area contributed by atoms with Crippen molar-refractivity contribution in [3.8, 4) is 0 Å². The second kappa shape index (κ2) is 7.94. The van der Waals surface area contributed by atoms with E-state index in [0.717, 1.165) is 16.6 Å². The lowest BCUT2D eigenvalue weighted by atomic mass is 10.1. The second-order valence-electron chi connectivity index (χ2n) is 5.52. The Balaban J connectivity index is 1.82. The van der Waals surface area contributed by atoms with Gasteiger partial charge in [0.25, 0.3) is 5.91 Å². The smallest absolute Gasteiger partial charge is 0.264 e. The Morgan fingerprint density at radius 1 is 1.29 bits per heavy atom. The molecule has 1 aliphatic rings. The van der Waals surface area contributed by atoms with Crippen molar-refractivity contribution in [1.29, 1.82) is 0 Å². The fourth-order valence-corrected chi connectivity index (χ4v) is 3.98. The molecule has 0 unspecified atom stereocenters. The number of hydrogen-bond donors (Lipinski definition) is 1. The molecule has 0 saturated heterocycles. The van der Waals surface area contributed by atoms with Crippen LogP contribution in [-0.2, 0) is 4.79 Å². The maximum Gasteiger partial charge on any atom is 0.264 e. The van der Waals surface area contributed by atoms with E-state index in [4.69, 9.17) is 0 Å². The van der Waals surface area contributed by atoms with Crippen LogP contribution in [0, 0.1) is 0 Å². The highest BCUT2D eigenvalue weighted by molar-refractivity contribution is 9.11. The molecule has 2 amide bonds. The van der Waals surface area contributed by atoms with Gasteiger partial charge in [0.05, 0.1) is 15.2 Å². The number of amides is 2. The van der Waals surface area contributed by atoms with Gasteiger partial charge in [-0.3, -0.25) is 9.59 Å². The predicted molar refractivity (Wildman–Crippen MR) is 88.6 cm³/mol. The Kier molecular flexibility index (Phi) is 6.23. The lowest BCUT2D eigenvalue weighted by molar-refractivity contribution is -0.122. The summed E-state index contributed by atoms with van der Waals surface area (Å²) in [7, 11) is 1.67. The molecule has 2 rings (SSSR count). The molecule has 0 radical (unpaired) electrons. The largest absolute Gasteiger partial charge is 0.352 e. The van der Waals surface area contributed by atoms with E-state index in [1.165, 1.54) is 41.9 Å². The van der Waals surface area contributed by atoms with Gasteiger partial charge >= 0.3 is 0 Å². The van der Waals surface area contributed by atoms with E-state index in [-0.39, 0.29) is 24.4 Å². The van der Waals surface area contributed by atoms with Crippen LogP contribution < -0.4 is 5.32 Å². The zero-order valence-corrected chi connectivity index (χ0v) is 14.6. The predicted octanol–water partition coefficient (Wildman–Crippen LogP) is 3.42. The molecule has 1 aliphatic carbocycles. The average Bonchev–Trinajstić information content (AvgIpc) is 2.71. The fourth-order valence-electron chi connectivity index (χ4n) is 2.60. The Hall–Kier alpha value is -0.880. The molecule has 6 heteroatoms. The molecular weight excluding hydrogens is 352 g/mol. The normalized spacial score (nSPS) is 16.3. The summed E-state index contributed by atoms with van der Waals surface area (Å²) in [5.41, 5.74) is 0. The summed E-state index contributed by atoms with van der Waals surface area (Å²) in [6.45, 7) is 0.116. The Labute approximate surface area is 138 Å². The van der Waals surface area contributed by atoms with Crippen LogP contribution in [0.4, 0.5) is 0 Å². The van der Waals surface area contributed by atoms with E-state index >= 15 is 0 Å². The van der Waals surface area contributed by atoms with E-state index < -0.39 is 0 Å². The van der Waals surface area contributed by atoms with Gasteiger partial charge < -0.3 is 10.2 Å². The third kappa shape index (κ3) is 5.11. The van der Waals surface area contributed by atoms with Crippen molar-refractivity contribution in [3.05, 3.63) is 20.8 Å². The van der Waals surface area contributed by atoms with E-state index in [9.17, 15) is 9.59 Å². The van der Waals surface area contributed by atoms with Crippen LogP contribution in [0.5, 0.6) is 0 Å². The molecule has 0 atom stereocenters. The number of likely N-dealkylation sites (N-methyl/N-ethyl adjacent to an activating group) is 1. The minimum Gasteiger partial charge on any atom is -0.352 e. The molecule has 116 valence electrons. The van der Waals surface area contributed by atoms with Gasteiger partial charge in [0.2, 0.25) is 5.91 Å². The SMILES string of the molecule is CN(CC(=O)NC1CCCCCC1)C(=O)c1ccc(Br)s1. The number of halogens is 1. The van der Waals surface area contributed by atoms with Gasteiger partial charge in [0.15, 0.2) is 0 Å². The second-order valence-corrected chi connectivity index (χ2v) is 7.98. The number of rotatable bonds is 4. The molecular formula is C15H21BrN2O2S. The molecule has 0 aliphatic heterocycles. The summed E-state index contributed by atoms with van der Waals surface area (Å²) in [5.74, 6) is -0.171. The first-order valence-corrected chi connectivity index (χ1v) is 8.97. The average molecular weight is 373 g/mol. The first-order valence-electron chi connectivity index (χ1n) is 7.36. The Morgan fingerprint density at radius 2 is 1.95 bits per heavy atom. The molecule has 1 heterocycles. The van der Waals surface area contributed by atoms with Crippen LogP contribution in [0.3, 0.4) is 0 Å². The van der Waals surface area contributed by atoms with Crippen molar-refractivity contribution < 1.29 is 9.59 Å². The lowest BCUT2D eigenvalue weighted by Crippen LogP contribution is -2.42. The summed E-state index contributed by atoms with van der Waals surface area (Å²) < 4.78 is 0.919. The van der Waals surface area contributed by atoms with E-state index in [0.29, 0.717) is 4.88 Å². The van der Waals surface area contributed by atoms with Gasteiger partial charge in [0.1, 0.15) is 0 Å². The Bertz CT molecular complexity index is 496. The molecule has 1 aromatic heterocycles. The van der Waals surface area contributed by atoms with Crippen molar-refractivity contribution in [3.63, 3.8) is 0 Å². The molecule has 4 nitrogen and oxygen atoms in total. The standard InChI is InChI=1S/C15H21BrN2O2S/c1-18(15(20)12-8-9-13(16)21-12)10-14(19)17-11-6-4-2-3-5-7-11/h8-9,11H,2-7,10H2,1H3,(H,17,19). The molecule has 0 aromatic carbocycles. The van der Waals surface area contributed by atoms with Crippen LogP contribution in [0.1, 0.15) is 48.2 Å². The molecule has 1 saturated carbocycles. The number of nitrogens with zero attached hydrogens (tertiary/aromatic N) is 1. The highest BCUT2D eigenvalue weighted by Gasteiger charge is 2.19. The lowest BCUT2D eigenvalue weighted by Gasteiger charge is -2.20.